The second-order valence-electron chi connectivity index (χ2n) is 4.38. The van der Waals surface area contributed by atoms with Crippen molar-refractivity contribution in [3.8, 4) is 5.75 Å². The van der Waals surface area contributed by atoms with E-state index in [2.05, 4.69) is 5.32 Å². The molecule has 1 amide bonds. The van der Waals surface area contributed by atoms with E-state index in [1.54, 1.807) is 25.1 Å². The van der Waals surface area contributed by atoms with Crippen molar-refractivity contribution in [2.24, 2.45) is 11.7 Å². The van der Waals surface area contributed by atoms with Crippen LogP contribution in [0, 0.1) is 5.92 Å². The summed E-state index contributed by atoms with van der Waals surface area (Å²) in [4.78, 5) is 23.3. The molecule has 1 atom stereocenters. The molecule has 1 unspecified atom stereocenters. The summed E-state index contributed by atoms with van der Waals surface area (Å²) in [5, 5.41) is 2.76. The molecule has 0 radical (unpaired) electrons. The van der Waals surface area contributed by atoms with Crippen molar-refractivity contribution < 1.29 is 19.1 Å². The number of amides is 1. The summed E-state index contributed by atoms with van der Waals surface area (Å²) in [6, 6.07) is 5.08. The average molecular weight is 280 g/mol. The molecule has 20 heavy (non-hydrogen) atoms. The first-order valence-electron chi connectivity index (χ1n) is 6.26. The van der Waals surface area contributed by atoms with Crippen molar-refractivity contribution >= 4 is 11.9 Å². The molecule has 110 valence electrons. The minimum absolute atomic E-state index is 0.122. The Balaban J connectivity index is 2.82. The smallest absolute Gasteiger partial charge is 0.341 e. The van der Waals surface area contributed by atoms with Crippen LogP contribution in [0.15, 0.2) is 18.2 Å². The molecular formula is C14H20N2O4. The quantitative estimate of drug-likeness (QED) is 0.748. The number of carbonyl (C=O) groups is 2. The Kier molecular flexibility index (Phi) is 5.99. The monoisotopic (exact) mass is 280 g/mol. The van der Waals surface area contributed by atoms with E-state index in [1.165, 1.54) is 14.2 Å². The molecule has 1 rings (SSSR count). The lowest BCUT2D eigenvalue weighted by Gasteiger charge is -2.12. The van der Waals surface area contributed by atoms with Gasteiger partial charge in [-0.25, -0.2) is 4.79 Å². The minimum Gasteiger partial charge on any atom is -0.496 e. The van der Waals surface area contributed by atoms with Crippen LogP contribution in [-0.2, 0) is 16.1 Å². The standard InChI is InChI=1S/C14H20N2O4/c1-9(7-15)13(17)16-8-10-4-5-12(19-2)11(6-10)14(18)20-3/h4-6,9H,7-8,15H2,1-3H3,(H,16,17). The van der Waals surface area contributed by atoms with Gasteiger partial charge in [0.2, 0.25) is 5.91 Å². The van der Waals surface area contributed by atoms with Crippen LogP contribution in [0.1, 0.15) is 22.8 Å². The number of rotatable bonds is 6. The van der Waals surface area contributed by atoms with Crippen molar-refractivity contribution in [2.75, 3.05) is 20.8 Å². The highest BCUT2D eigenvalue weighted by molar-refractivity contribution is 5.92. The van der Waals surface area contributed by atoms with Crippen molar-refractivity contribution in [1.29, 1.82) is 0 Å². The van der Waals surface area contributed by atoms with Gasteiger partial charge in [0, 0.05) is 19.0 Å². The topological polar surface area (TPSA) is 90.7 Å². The van der Waals surface area contributed by atoms with Crippen LogP contribution >= 0.6 is 0 Å². The van der Waals surface area contributed by atoms with Crippen LogP contribution in [0.3, 0.4) is 0 Å². The van der Waals surface area contributed by atoms with E-state index in [-0.39, 0.29) is 11.8 Å². The Morgan fingerprint density at radius 2 is 2.05 bits per heavy atom. The number of hydrogen-bond donors (Lipinski definition) is 2. The summed E-state index contributed by atoms with van der Waals surface area (Å²) < 4.78 is 9.79. The SMILES string of the molecule is COC(=O)c1cc(CNC(=O)C(C)CN)ccc1OC. The van der Waals surface area contributed by atoms with E-state index in [0.29, 0.717) is 24.4 Å². The molecule has 0 aliphatic rings. The molecule has 0 fully saturated rings. The highest BCUT2D eigenvalue weighted by Crippen LogP contribution is 2.20. The van der Waals surface area contributed by atoms with Gasteiger partial charge in [-0.15, -0.1) is 0 Å². The zero-order chi connectivity index (χ0) is 15.1. The second-order valence-corrected chi connectivity index (χ2v) is 4.38. The van der Waals surface area contributed by atoms with Crippen molar-refractivity contribution in [1.82, 2.24) is 5.32 Å². The fourth-order valence-corrected chi connectivity index (χ4v) is 1.61. The Hall–Kier alpha value is -2.08. The molecule has 0 bridgehead atoms. The normalized spacial score (nSPS) is 11.6. The first-order valence-corrected chi connectivity index (χ1v) is 6.26. The molecule has 0 heterocycles. The maximum atomic E-state index is 11.6. The Morgan fingerprint density at radius 3 is 2.60 bits per heavy atom. The van der Waals surface area contributed by atoms with Gasteiger partial charge in [-0.05, 0) is 17.7 Å². The third-order valence-electron chi connectivity index (χ3n) is 2.94. The fourth-order valence-electron chi connectivity index (χ4n) is 1.61. The Morgan fingerprint density at radius 1 is 1.35 bits per heavy atom. The van der Waals surface area contributed by atoms with E-state index in [0.717, 1.165) is 5.56 Å². The summed E-state index contributed by atoms with van der Waals surface area (Å²) in [6.07, 6.45) is 0. The van der Waals surface area contributed by atoms with E-state index < -0.39 is 5.97 Å². The highest BCUT2D eigenvalue weighted by Gasteiger charge is 2.14. The van der Waals surface area contributed by atoms with Crippen LogP contribution in [0.4, 0.5) is 0 Å². The fraction of sp³-hybridized carbons (Fsp3) is 0.429. The van der Waals surface area contributed by atoms with Crippen LogP contribution in [0.25, 0.3) is 0 Å². The van der Waals surface area contributed by atoms with E-state index in [9.17, 15) is 9.59 Å². The molecule has 1 aromatic carbocycles. The molecule has 0 saturated carbocycles. The van der Waals surface area contributed by atoms with Gasteiger partial charge in [-0.2, -0.15) is 0 Å². The summed E-state index contributed by atoms with van der Waals surface area (Å²) >= 11 is 0. The second kappa shape index (κ2) is 7.49. The lowest BCUT2D eigenvalue weighted by atomic mass is 10.1. The van der Waals surface area contributed by atoms with Crippen LogP contribution in [0.5, 0.6) is 5.75 Å². The van der Waals surface area contributed by atoms with Gasteiger partial charge in [0.15, 0.2) is 0 Å². The molecule has 6 heteroatoms. The molecule has 1 aromatic rings. The van der Waals surface area contributed by atoms with Gasteiger partial charge in [-0.1, -0.05) is 13.0 Å². The minimum atomic E-state index is -0.481. The summed E-state index contributed by atoms with van der Waals surface area (Å²) in [6.45, 7) is 2.36. The maximum Gasteiger partial charge on any atom is 0.341 e. The highest BCUT2D eigenvalue weighted by atomic mass is 16.5. The first-order chi connectivity index (χ1) is 9.53. The van der Waals surface area contributed by atoms with E-state index >= 15 is 0 Å². The number of esters is 1. The van der Waals surface area contributed by atoms with Gasteiger partial charge in [0.1, 0.15) is 11.3 Å². The van der Waals surface area contributed by atoms with Crippen LogP contribution in [-0.4, -0.2) is 32.6 Å². The Labute approximate surface area is 118 Å². The van der Waals surface area contributed by atoms with Crippen molar-refractivity contribution in [2.45, 2.75) is 13.5 Å². The van der Waals surface area contributed by atoms with Crippen molar-refractivity contribution in [3.63, 3.8) is 0 Å². The number of ether oxygens (including phenoxy) is 2. The number of nitrogens with one attached hydrogen (secondary N) is 1. The van der Waals surface area contributed by atoms with Gasteiger partial charge < -0.3 is 20.5 Å². The van der Waals surface area contributed by atoms with Gasteiger partial charge >= 0.3 is 5.97 Å². The van der Waals surface area contributed by atoms with Crippen LogP contribution < -0.4 is 15.8 Å². The predicted octanol–water partition coefficient (Wildman–Crippen LogP) is 0.693. The molecule has 0 saturated heterocycles. The number of carbonyl (C=O) groups excluding carboxylic acids is 2. The summed E-state index contributed by atoms with van der Waals surface area (Å²) in [5.41, 5.74) is 6.53. The molecule has 0 aromatic heterocycles. The van der Waals surface area contributed by atoms with Crippen LogP contribution in [0.2, 0.25) is 0 Å². The van der Waals surface area contributed by atoms with E-state index in [4.69, 9.17) is 15.2 Å². The summed E-state index contributed by atoms with van der Waals surface area (Å²) in [5.74, 6) is -0.413. The zero-order valence-corrected chi connectivity index (χ0v) is 11.9. The number of methoxy groups -OCH3 is 2. The molecule has 3 N–H and O–H groups in total. The molecule has 6 nitrogen and oxygen atoms in total. The third kappa shape index (κ3) is 3.96. The number of nitrogens with two attached hydrogens (primary N) is 1. The lowest BCUT2D eigenvalue weighted by Crippen LogP contribution is -2.32. The number of benzene rings is 1. The summed E-state index contributed by atoms with van der Waals surface area (Å²) in [7, 11) is 2.78. The van der Waals surface area contributed by atoms with Gasteiger partial charge in [-0.3, -0.25) is 4.79 Å². The third-order valence-corrected chi connectivity index (χ3v) is 2.94. The largest absolute Gasteiger partial charge is 0.496 e. The van der Waals surface area contributed by atoms with Gasteiger partial charge in [0.05, 0.1) is 14.2 Å². The molecule has 0 spiro atoms. The average Bonchev–Trinajstić information content (AvgIpc) is 2.50. The lowest BCUT2D eigenvalue weighted by molar-refractivity contribution is -0.124. The van der Waals surface area contributed by atoms with E-state index in [1.807, 2.05) is 0 Å². The first kappa shape index (κ1) is 16.0. The molecule has 0 aliphatic heterocycles. The Bertz CT molecular complexity index is 488. The zero-order valence-electron chi connectivity index (χ0n) is 11.9. The van der Waals surface area contributed by atoms with Crippen molar-refractivity contribution in [3.05, 3.63) is 29.3 Å². The molecule has 0 aliphatic carbocycles. The van der Waals surface area contributed by atoms with Gasteiger partial charge in [0.25, 0.3) is 0 Å². The maximum absolute atomic E-state index is 11.6. The number of hydrogen-bond acceptors (Lipinski definition) is 5. The molecular weight excluding hydrogens is 260 g/mol. The predicted molar refractivity (Wildman–Crippen MR) is 74.4 cm³/mol.